The molecule has 116 valence electrons. The lowest BCUT2D eigenvalue weighted by Crippen LogP contribution is -2.35. The molecule has 23 heavy (non-hydrogen) atoms. The average Bonchev–Trinajstić information content (AvgIpc) is 3.23. The Bertz CT molecular complexity index is 838. The first-order valence-corrected chi connectivity index (χ1v) is 7.87. The van der Waals surface area contributed by atoms with Gasteiger partial charge in [0.25, 0.3) is 5.91 Å². The van der Waals surface area contributed by atoms with Crippen molar-refractivity contribution in [2.24, 2.45) is 5.10 Å². The van der Waals surface area contributed by atoms with E-state index >= 15 is 0 Å². The average molecular weight is 347 g/mol. The van der Waals surface area contributed by atoms with Crippen LogP contribution in [0.25, 0.3) is 0 Å². The Morgan fingerprint density at radius 1 is 1.17 bits per heavy atom. The number of halogens is 2. The summed E-state index contributed by atoms with van der Waals surface area (Å²) in [5.41, 5.74) is 1.04. The zero-order valence-corrected chi connectivity index (χ0v) is 13.7. The monoisotopic (exact) mass is 346 g/mol. The van der Waals surface area contributed by atoms with Crippen LogP contribution in [0, 0.1) is 0 Å². The van der Waals surface area contributed by atoms with Crippen molar-refractivity contribution in [2.75, 3.05) is 5.01 Å². The standard InChI is InChI=1S/C17H12Cl2N2O2/c1-10-17(15(23-17)13-8-7-11(18)9-14(13)19)16(22)21(20-10)12-5-3-2-4-6-12/h2-9,15H,1H3/t15-,17-/m1/s1. The summed E-state index contributed by atoms with van der Waals surface area (Å²) in [7, 11) is 0. The lowest BCUT2D eigenvalue weighted by atomic mass is 9.95. The van der Waals surface area contributed by atoms with Crippen LogP contribution in [0.1, 0.15) is 18.6 Å². The summed E-state index contributed by atoms with van der Waals surface area (Å²) in [6.45, 7) is 1.80. The Morgan fingerprint density at radius 2 is 1.91 bits per heavy atom. The van der Waals surface area contributed by atoms with Gasteiger partial charge in [0.05, 0.1) is 11.4 Å². The molecular weight excluding hydrogens is 335 g/mol. The molecular formula is C17H12Cl2N2O2. The van der Waals surface area contributed by atoms with Gasteiger partial charge in [-0.25, -0.2) is 0 Å². The first-order chi connectivity index (χ1) is 11.0. The van der Waals surface area contributed by atoms with Crippen molar-refractivity contribution in [3.8, 4) is 0 Å². The van der Waals surface area contributed by atoms with Gasteiger partial charge in [-0.15, -0.1) is 0 Å². The van der Waals surface area contributed by atoms with Crippen LogP contribution < -0.4 is 5.01 Å². The maximum Gasteiger partial charge on any atom is 0.288 e. The van der Waals surface area contributed by atoms with Gasteiger partial charge in [0, 0.05) is 15.6 Å². The van der Waals surface area contributed by atoms with Crippen LogP contribution in [0.2, 0.25) is 10.0 Å². The van der Waals surface area contributed by atoms with Crippen LogP contribution >= 0.6 is 23.2 Å². The lowest BCUT2D eigenvalue weighted by molar-refractivity contribution is -0.120. The summed E-state index contributed by atoms with van der Waals surface area (Å²) < 4.78 is 5.80. The van der Waals surface area contributed by atoms with E-state index in [2.05, 4.69) is 5.10 Å². The molecule has 1 saturated heterocycles. The van der Waals surface area contributed by atoms with Gasteiger partial charge in [-0.1, -0.05) is 47.5 Å². The molecule has 0 unspecified atom stereocenters. The number of carbonyl (C=O) groups is 1. The Morgan fingerprint density at radius 3 is 2.61 bits per heavy atom. The quantitative estimate of drug-likeness (QED) is 0.764. The number of para-hydroxylation sites is 1. The van der Waals surface area contributed by atoms with Crippen LogP contribution in [0.15, 0.2) is 53.6 Å². The van der Waals surface area contributed by atoms with Crippen molar-refractivity contribution in [2.45, 2.75) is 18.6 Å². The van der Waals surface area contributed by atoms with Gasteiger partial charge in [-0.2, -0.15) is 10.1 Å². The number of anilines is 1. The number of carbonyl (C=O) groups excluding carboxylic acids is 1. The van der Waals surface area contributed by atoms with E-state index in [1.807, 2.05) is 30.3 Å². The van der Waals surface area contributed by atoms with Crippen molar-refractivity contribution >= 4 is 40.5 Å². The molecule has 2 atom stereocenters. The van der Waals surface area contributed by atoms with Crippen molar-refractivity contribution in [3.63, 3.8) is 0 Å². The summed E-state index contributed by atoms with van der Waals surface area (Å²) in [4.78, 5) is 12.9. The van der Waals surface area contributed by atoms with E-state index in [4.69, 9.17) is 27.9 Å². The number of hydrogen-bond acceptors (Lipinski definition) is 3. The second kappa shape index (κ2) is 5.06. The van der Waals surface area contributed by atoms with Crippen LogP contribution in [-0.4, -0.2) is 17.2 Å². The summed E-state index contributed by atoms with van der Waals surface area (Å²) in [5, 5.41) is 6.80. The van der Waals surface area contributed by atoms with Crippen molar-refractivity contribution < 1.29 is 9.53 Å². The minimum Gasteiger partial charge on any atom is -0.344 e. The Labute approximate surface area is 143 Å². The van der Waals surface area contributed by atoms with E-state index in [1.165, 1.54) is 5.01 Å². The molecule has 1 fully saturated rings. The highest BCUT2D eigenvalue weighted by atomic mass is 35.5. The van der Waals surface area contributed by atoms with Gasteiger partial charge in [-0.3, -0.25) is 4.79 Å². The summed E-state index contributed by atoms with van der Waals surface area (Å²) in [6, 6.07) is 14.4. The molecule has 0 N–H and O–H groups in total. The molecule has 0 radical (unpaired) electrons. The largest absolute Gasteiger partial charge is 0.344 e. The maximum atomic E-state index is 12.9. The molecule has 1 amide bonds. The lowest BCUT2D eigenvalue weighted by Gasteiger charge is -2.12. The topological polar surface area (TPSA) is 45.2 Å². The van der Waals surface area contributed by atoms with E-state index in [1.54, 1.807) is 25.1 Å². The number of nitrogens with zero attached hydrogens (tertiary/aromatic N) is 2. The minimum absolute atomic E-state index is 0.197. The van der Waals surface area contributed by atoms with Crippen LogP contribution in [0.4, 0.5) is 5.69 Å². The fourth-order valence-electron chi connectivity index (χ4n) is 2.91. The molecule has 2 aromatic rings. The third-order valence-corrected chi connectivity index (χ3v) is 4.72. The SMILES string of the molecule is CC1=NN(c2ccccc2)C(=O)[C@@]12O[C@@H]2c1ccc(Cl)cc1Cl. The zero-order chi connectivity index (χ0) is 16.2. The van der Waals surface area contributed by atoms with Gasteiger partial charge >= 0.3 is 0 Å². The highest BCUT2D eigenvalue weighted by Gasteiger charge is 2.70. The van der Waals surface area contributed by atoms with Crippen molar-refractivity contribution in [3.05, 3.63) is 64.1 Å². The molecule has 1 spiro atoms. The number of amides is 1. The molecule has 2 aromatic carbocycles. The van der Waals surface area contributed by atoms with Crippen LogP contribution in [0.5, 0.6) is 0 Å². The summed E-state index contributed by atoms with van der Waals surface area (Å²) in [5.74, 6) is -0.197. The fourth-order valence-corrected chi connectivity index (χ4v) is 3.42. The first kappa shape index (κ1) is 14.7. The fraction of sp³-hybridized carbons (Fsp3) is 0.176. The highest BCUT2D eigenvalue weighted by molar-refractivity contribution is 6.35. The van der Waals surface area contributed by atoms with Gasteiger partial charge in [0.1, 0.15) is 6.10 Å². The third kappa shape index (κ3) is 2.10. The molecule has 0 bridgehead atoms. The van der Waals surface area contributed by atoms with Crippen LogP contribution in [0.3, 0.4) is 0 Å². The maximum absolute atomic E-state index is 12.9. The zero-order valence-electron chi connectivity index (χ0n) is 12.2. The van der Waals surface area contributed by atoms with E-state index in [-0.39, 0.29) is 5.91 Å². The Hall–Kier alpha value is -1.88. The molecule has 0 saturated carbocycles. The Kier molecular flexibility index (Phi) is 3.23. The van der Waals surface area contributed by atoms with Gasteiger partial charge < -0.3 is 4.74 Å². The van der Waals surface area contributed by atoms with Gasteiger partial charge in [-0.05, 0) is 31.2 Å². The molecule has 2 heterocycles. The number of rotatable bonds is 2. The molecule has 2 aliphatic rings. The normalized spacial score (nSPS) is 25.9. The second-order valence-electron chi connectivity index (χ2n) is 5.54. The summed E-state index contributed by atoms with van der Waals surface area (Å²) in [6.07, 6.45) is -0.433. The van der Waals surface area contributed by atoms with Crippen LogP contribution in [-0.2, 0) is 9.53 Å². The van der Waals surface area contributed by atoms with Gasteiger partial charge in [0.15, 0.2) is 0 Å². The molecule has 4 nitrogen and oxygen atoms in total. The number of benzene rings is 2. The molecule has 2 aliphatic heterocycles. The van der Waals surface area contributed by atoms with E-state index < -0.39 is 11.7 Å². The molecule has 4 rings (SSSR count). The predicted octanol–water partition coefficient (Wildman–Crippen LogP) is 4.23. The molecule has 0 aliphatic carbocycles. The number of ether oxygens (including phenoxy) is 1. The first-order valence-electron chi connectivity index (χ1n) is 7.12. The van der Waals surface area contributed by atoms with E-state index in [0.717, 1.165) is 5.56 Å². The van der Waals surface area contributed by atoms with E-state index in [9.17, 15) is 4.79 Å². The predicted molar refractivity (Wildman–Crippen MR) is 90.1 cm³/mol. The Balaban J connectivity index is 1.69. The number of epoxide rings is 1. The number of hydrazone groups is 1. The van der Waals surface area contributed by atoms with E-state index in [0.29, 0.717) is 21.4 Å². The second-order valence-corrected chi connectivity index (χ2v) is 6.38. The molecule has 0 aromatic heterocycles. The minimum atomic E-state index is -1.05. The summed E-state index contributed by atoms with van der Waals surface area (Å²) >= 11 is 12.2. The van der Waals surface area contributed by atoms with Gasteiger partial charge in [0.2, 0.25) is 5.60 Å². The number of hydrogen-bond donors (Lipinski definition) is 0. The van der Waals surface area contributed by atoms with Crippen molar-refractivity contribution in [1.29, 1.82) is 0 Å². The third-order valence-electron chi connectivity index (χ3n) is 4.16. The highest BCUT2D eigenvalue weighted by Crippen LogP contribution is 2.56. The molecule has 6 heteroatoms. The van der Waals surface area contributed by atoms with Crippen molar-refractivity contribution in [1.82, 2.24) is 0 Å². The smallest absolute Gasteiger partial charge is 0.288 e.